The number of aliphatic imine (C=N–C) groups is 1. The molecule has 7 heteroatoms. The minimum atomic E-state index is -0.216. The van der Waals surface area contributed by atoms with Gasteiger partial charge in [0.2, 0.25) is 0 Å². The van der Waals surface area contributed by atoms with E-state index in [9.17, 15) is 4.79 Å². The molecule has 2 N–H and O–H groups in total. The number of carbonyl (C=O) groups excluding carboxylic acids is 1. The standard InChI is InChI=1S/C17H25N3O2S.HI/c1-13(15(21)22-3)11-19-16(18-2)20-12-17(9-10-17)23-14-7-5-4-6-8-14;/h4-8,13H,9-12H2,1-3H3,(H2,18,19,20);1H. The fraction of sp³-hybridized carbons (Fsp3) is 0.529. The summed E-state index contributed by atoms with van der Waals surface area (Å²) in [6.45, 7) is 3.20. The topological polar surface area (TPSA) is 62.7 Å². The molecule has 1 aliphatic rings. The van der Waals surface area contributed by atoms with E-state index < -0.39 is 0 Å². The Hall–Kier alpha value is -0.960. The van der Waals surface area contributed by atoms with Gasteiger partial charge in [-0.25, -0.2) is 0 Å². The summed E-state index contributed by atoms with van der Waals surface area (Å²) in [5, 5.41) is 6.55. The van der Waals surface area contributed by atoms with Crippen LogP contribution in [0.3, 0.4) is 0 Å². The SMILES string of the molecule is CN=C(NCC(C)C(=O)OC)NCC1(Sc2ccccc2)CC1.I. The predicted molar refractivity (Wildman–Crippen MR) is 110 cm³/mol. The molecule has 1 unspecified atom stereocenters. The summed E-state index contributed by atoms with van der Waals surface area (Å²) in [7, 11) is 3.14. The highest BCUT2D eigenvalue weighted by Crippen LogP contribution is 2.51. The van der Waals surface area contributed by atoms with E-state index >= 15 is 0 Å². The van der Waals surface area contributed by atoms with Crippen molar-refractivity contribution in [3.63, 3.8) is 0 Å². The highest BCUT2D eigenvalue weighted by atomic mass is 127. The molecule has 0 aromatic heterocycles. The lowest BCUT2D eigenvalue weighted by Gasteiger charge is -2.19. The Balaban J connectivity index is 0.00000288. The lowest BCUT2D eigenvalue weighted by molar-refractivity contribution is -0.144. The first-order valence-corrected chi connectivity index (χ1v) is 8.66. The van der Waals surface area contributed by atoms with Crippen LogP contribution in [0, 0.1) is 5.92 Å². The van der Waals surface area contributed by atoms with Crippen molar-refractivity contribution < 1.29 is 9.53 Å². The minimum Gasteiger partial charge on any atom is -0.469 e. The van der Waals surface area contributed by atoms with Gasteiger partial charge in [-0.05, 0) is 25.0 Å². The molecule has 0 saturated heterocycles. The molecule has 134 valence electrons. The van der Waals surface area contributed by atoms with Crippen molar-refractivity contribution in [3.8, 4) is 0 Å². The van der Waals surface area contributed by atoms with Crippen LogP contribution in [-0.4, -0.2) is 43.9 Å². The molecule has 0 bridgehead atoms. The van der Waals surface area contributed by atoms with Gasteiger partial charge in [0.15, 0.2) is 5.96 Å². The quantitative estimate of drug-likeness (QED) is 0.282. The molecule has 0 spiro atoms. The summed E-state index contributed by atoms with van der Waals surface area (Å²) in [5.41, 5.74) is 0. The summed E-state index contributed by atoms with van der Waals surface area (Å²) < 4.78 is 4.98. The Labute approximate surface area is 165 Å². The Morgan fingerprint density at radius 3 is 2.54 bits per heavy atom. The molecular formula is C17H26IN3O2S. The third kappa shape index (κ3) is 6.51. The fourth-order valence-corrected chi connectivity index (χ4v) is 3.44. The smallest absolute Gasteiger partial charge is 0.310 e. The summed E-state index contributed by atoms with van der Waals surface area (Å²) in [6, 6.07) is 10.5. The maximum absolute atomic E-state index is 11.4. The van der Waals surface area contributed by atoms with Gasteiger partial charge < -0.3 is 15.4 Å². The van der Waals surface area contributed by atoms with Crippen LogP contribution in [0.2, 0.25) is 0 Å². The normalized spacial score (nSPS) is 16.5. The molecule has 5 nitrogen and oxygen atoms in total. The third-order valence-corrected chi connectivity index (χ3v) is 5.36. The van der Waals surface area contributed by atoms with Gasteiger partial charge in [0.25, 0.3) is 0 Å². The monoisotopic (exact) mass is 463 g/mol. The van der Waals surface area contributed by atoms with Gasteiger partial charge in [-0.3, -0.25) is 9.79 Å². The zero-order valence-corrected chi connectivity index (χ0v) is 17.5. The molecule has 2 rings (SSSR count). The third-order valence-electron chi connectivity index (χ3n) is 3.87. The largest absolute Gasteiger partial charge is 0.469 e. The fourth-order valence-electron chi connectivity index (χ4n) is 2.19. The van der Waals surface area contributed by atoms with Crippen molar-refractivity contribution in [3.05, 3.63) is 30.3 Å². The molecule has 1 atom stereocenters. The average Bonchev–Trinajstić information content (AvgIpc) is 3.34. The van der Waals surface area contributed by atoms with Crippen LogP contribution in [0.25, 0.3) is 0 Å². The number of ether oxygens (including phenoxy) is 1. The molecule has 1 saturated carbocycles. The van der Waals surface area contributed by atoms with E-state index in [2.05, 4.69) is 39.9 Å². The number of hydrogen-bond acceptors (Lipinski definition) is 4. The number of rotatable bonds is 7. The summed E-state index contributed by atoms with van der Waals surface area (Å²) in [5.74, 6) is 0.305. The number of esters is 1. The van der Waals surface area contributed by atoms with E-state index in [1.807, 2.05) is 24.8 Å². The first-order chi connectivity index (χ1) is 11.1. The van der Waals surface area contributed by atoms with Crippen LogP contribution >= 0.6 is 35.7 Å². The highest BCUT2D eigenvalue weighted by Gasteiger charge is 2.43. The number of halogens is 1. The van der Waals surface area contributed by atoms with Gasteiger partial charge in [-0.1, -0.05) is 25.1 Å². The van der Waals surface area contributed by atoms with Crippen molar-refractivity contribution >= 4 is 47.7 Å². The maximum atomic E-state index is 11.4. The van der Waals surface area contributed by atoms with Gasteiger partial charge in [0.1, 0.15) is 0 Å². The van der Waals surface area contributed by atoms with Crippen molar-refractivity contribution in [2.24, 2.45) is 10.9 Å². The van der Waals surface area contributed by atoms with Gasteiger partial charge in [0, 0.05) is 29.8 Å². The lowest BCUT2D eigenvalue weighted by atomic mass is 10.2. The number of guanidine groups is 1. The second kappa shape index (κ2) is 10.1. The van der Waals surface area contributed by atoms with Crippen LogP contribution < -0.4 is 10.6 Å². The second-order valence-corrected chi connectivity index (χ2v) is 7.37. The van der Waals surface area contributed by atoms with Crippen LogP contribution in [-0.2, 0) is 9.53 Å². The molecule has 1 fully saturated rings. The van der Waals surface area contributed by atoms with Gasteiger partial charge >= 0.3 is 5.97 Å². The highest BCUT2D eigenvalue weighted by molar-refractivity contribution is 14.0. The number of hydrogen-bond donors (Lipinski definition) is 2. The summed E-state index contributed by atoms with van der Waals surface area (Å²) in [4.78, 5) is 16.9. The van der Waals surface area contributed by atoms with E-state index in [4.69, 9.17) is 4.74 Å². The molecule has 1 aromatic rings. The second-order valence-electron chi connectivity index (χ2n) is 5.83. The Bertz CT molecular complexity index is 550. The molecule has 1 aliphatic carbocycles. The molecule has 0 amide bonds. The molecule has 0 heterocycles. The average molecular weight is 463 g/mol. The number of nitrogens with one attached hydrogen (secondary N) is 2. The van der Waals surface area contributed by atoms with Crippen molar-refractivity contribution in [1.82, 2.24) is 10.6 Å². The molecular weight excluding hydrogens is 437 g/mol. The zero-order valence-electron chi connectivity index (χ0n) is 14.4. The maximum Gasteiger partial charge on any atom is 0.310 e. The Morgan fingerprint density at radius 2 is 2.00 bits per heavy atom. The van der Waals surface area contributed by atoms with E-state index in [1.165, 1.54) is 24.8 Å². The first-order valence-electron chi connectivity index (χ1n) is 7.85. The Kier molecular flexibility index (Phi) is 8.90. The van der Waals surface area contributed by atoms with Crippen molar-refractivity contribution in [2.45, 2.75) is 29.4 Å². The lowest BCUT2D eigenvalue weighted by Crippen LogP contribution is -2.43. The number of thioether (sulfide) groups is 1. The van der Waals surface area contributed by atoms with E-state index in [1.54, 1.807) is 7.05 Å². The van der Waals surface area contributed by atoms with Crippen LogP contribution in [0.5, 0.6) is 0 Å². The molecule has 0 radical (unpaired) electrons. The predicted octanol–water partition coefficient (Wildman–Crippen LogP) is 2.90. The van der Waals surface area contributed by atoms with E-state index in [-0.39, 0.29) is 40.6 Å². The minimum absolute atomic E-state index is 0. The van der Waals surface area contributed by atoms with Gasteiger partial charge in [-0.2, -0.15) is 0 Å². The van der Waals surface area contributed by atoms with E-state index in [0.29, 0.717) is 6.54 Å². The zero-order chi connectivity index (χ0) is 16.7. The number of benzene rings is 1. The van der Waals surface area contributed by atoms with Crippen LogP contribution in [0.4, 0.5) is 0 Å². The molecule has 1 aromatic carbocycles. The van der Waals surface area contributed by atoms with Crippen LogP contribution in [0.1, 0.15) is 19.8 Å². The van der Waals surface area contributed by atoms with Crippen molar-refractivity contribution in [1.29, 1.82) is 0 Å². The Morgan fingerprint density at radius 1 is 1.33 bits per heavy atom. The van der Waals surface area contributed by atoms with Gasteiger partial charge in [0.05, 0.1) is 13.0 Å². The van der Waals surface area contributed by atoms with Gasteiger partial charge in [-0.15, -0.1) is 35.7 Å². The first kappa shape index (κ1) is 21.1. The van der Waals surface area contributed by atoms with E-state index in [0.717, 1.165) is 12.5 Å². The van der Waals surface area contributed by atoms with Crippen molar-refractivity contribution in [2.75, 3.05) is 27.2 Å². The molecule has 24 heavy (non-hydrogen) atoms. The number of methoxy groups -OCH3 is 1. The molecule has 0 aliphatic heterocycles. The van der Waals surface area contributed by atoms with Crippen LogP contribution in [0.15, 0.2) is 40.2 Å². The summed E-state index contributed by atoms with van der Waals surface area (Å²) >= 11 is 1.92. The number of nitrogens with zero attached hydrogens (tertiary/aromatic N) is 1. The summed E-state index contributed by atoms with van der Waals surface area (Å²) in [6.07, 6.45) is 2.41. The number of carbonyl (C=O) groups is 1.